The van der Waals surface area contributed by atoms with Crippen molar-refractivity contribution in [1.29, 1.82) is 0 Å². The first-order valence-corrected chi connectivity index (χ1v) is 7.52. The molecular formula is C16H24O4. The maximum absolute atomic E-state index is 11.9. The van der Waals surface area contributed by atoms with Crippen LogP contribution in [0.2, 0.25) is 0 Å². The number of esters is 1. The highest BCUT2D eigenvalue weighted by Gasteiger charge is 2.64. The minimum Gasteiger partial charge on any atom is -0.454 e. The molecule has 4 heteroatoms. The van der Waals surface area contributed by atoms with Gasteiger partial charge in [-0.2, -0.15) is 0 Å². The minimum absolute atomic E-state index is 0.243. The van der Waals surface area contributed by atoms with Crippen molar-refractivity contribution in [3.05, 3.63) is 11.1 Å². The van der Waals surface area contributed by atoms with Gasteiger partial charge in [0.05, 0.1) is 11.7 Å². The average Bonchev–Trinajstić information content (AvgIpc) is 2.65. The molecule has 2 fully saturated rings. The van der Waals surface area contributed by atoms with Crippen LogP contribution >= 0.6 is 0 Å². The Labute approximate surface area is 120 Å². The number of rotatable bonds is 1. The second-order valence-electron chi connectivity index (χ2n) is 6.90. The first-order chi connectivity index (χ1) is 9.35. The fourth-order valence-electron chi connectivity index (χ4n) is 4.71. The SMILES string of the molecule is CO[C@@H]1C2=C(C)C(=O)O[C@H]2C[C@@]2(O)CCC[C@H](C)[C@@]12C. The van der Waals surface area contributed by atoms with Crippen LogP contribution in [0.5, 0.6) is 0 Å². The second-order valence-corrected chi connectivity index (χ2v) is 6.90. The monoisotopic (exact) mass is 280 g/mol. The number of hydrogen-bond acceptors (Lipinski definition) is 4. The summed E-state index contributed by atoms with van der Waals surface area (Å²) in [7, 11) is 1.67. The standard InChI is InChI=1S/C16H24O4/c1-9-6-5-7-16(18)8-11-12(10(2)14(17)20-11)13(19-4)15(9,16)3/h9,11,13,18H,5-8H2,1-4H3/t9-,11-,13+,15-,16-/m0/s1. The van der Waals surface area contributed by atoms with Crippen molar-refractivity contribution in [2.24, 2.45) is 11.3 Å². The predicted molar refractivity (Wildman–Crippen MR) is 74.1 cm³/mol. The first-order valence-electron chi connectivity index (χ1n) is 7.52. The van der Waals surface area contributed by atoms with E-state index < -0.39 is 5.60 Å². The number of aliphatic hydroxyl groups is 1. The summed E-state index contributed by atoms with van der Waals surface area (Å²) in [5.41, 5.74) is 0.451. The van der Waals surface area contributed by atoms with Crippen molar-refractivity contribution in [2.45, 2.75) is 64.3 Å². The van der Waals surface area contributed by atoms with Crippen molar-refractivity contribution in [1.82, 2.24) is 0 Å². The average molecular weight is 280 g/mol. The molecule has 1 N–H and O–H groups in total. The van der Waals surface area contributed by atoms with E-state index in [0.29, 0.717) is 17.9 Å². The third kappa shape index (κ3) is 1.52. The lowest BCUT2D eigenvalue weighted by molar-refractivity contribution is -0.214. The number of hydrogen-bond donors (Lipinski definition) is 1. The molecule has 20 heavy (non-hydrogen) atoms. The Bertz CT molecular complexity index is 483. The van der Waals surface area contributed by atoms with Gasteiger partial charge >= 0.3 is 5.97 Å². The zero-order valence-corrected chi connectivity index (χ0v) is 12.7. The van der Waals surface area contributed by atoms with Crippen molar-refractivity contribution in [3.8, 4) is 0 Å². The highest BCUT2D eigenvalue weighted by molar-refractivity contribution is 5.92. The van der Waals surface area contributed by atoms with E-state index in [0.717, 1.165) is 24.8 Å². The Morgan fingerprint density at radius 2 is 2.15 bits per heavy atom. The summed E-state index contributed by atoms with van der Waals surface area (Å²) < 4.78 is 11.2. The maximum Gasteiger partial charge on any atom is 0.334 e. The van der Waals surface area contributed by atoms with Crippen LogP contribution in [0.4, 0.5) is 0 Å². The van der Waals surface area contributed by atoms with Crippen LogP contribution in [0.25, 0.3) is 0 Å². The van der Waals surface area contributed by atoms with Gasteiger partial charge < -0.3 is 14.6 Å². The second kappa shape index (κ2) is 4.31. The van der Waals surface area contributed by atoms with Gasteiger partial charge in [-0.15, -0.1) is 0 Å². The van der Waals surface area contributed by atoms with Crippen LogP contribution in [0, 0.1) is 11.3 Å². The molecule has 0 aromatic heterocycles. The van der Waals surface area contributed by atoms with Gasteiger partial charge in [0.25, 0.3) is 0 Å². The van der Waals surface area contributed by atoms with Gasteiger partial charge in [-0.25, -0.2) is 4.79 Å². The molecule has 3 rings (SSSR count). The van der Waals surface area contributed by atoms with Gasteiger partial charge in [0, 0.05) is 30.1 Å². The third-order valence-corrected chi connectivity index (χ3v) is 6.18. The zero-order valence-electron chi connectivity index (χ0n) is 12.7. The molecule has 0 unspecified atom stereocenters. The van der Waals surface area contributed by atoms with Crippen molar-refractivity contribution < 1.29 is 19.4 Å². The van der Waals surface area contributed by atoms with Crippen LogP contribution in [-0.2, 0) is 14.3 Å². The van der Waals surface area contributed by atoms with Gasteiger partial charge in [-0.05, 0) is 25.7 Å². The van der Waals surface area contributed by atoms with E-state index >= 15 is 0 Å². The summed E-state index contributed by atoms with van der Waals surface area (Å²) >= 11 is 0. The van der Waals surface area contributed by atoms with Crippen LogP contribution in [0.15, 0.2) is 11.1 Å². The Morgan fingerprint density at radius 3 is 2.80 bits per heavy atom. The molecule has 3 aliphatic rings. The molecule has 2 saturated carbocycles. The summed E-state index contributed by atoms with van der Waals surface area (Å²) in [6.45, 7) is 6.11. The highest BCUT2D eigenvalue weighted by Crippen LogP contribution is 2.59. The summed E-state index contributed by atoms with van der Waals surface area (Å²) in [5, 5.41) is 11.2. The number of methoxy groups -OCH3 is 1. The van der Waals surface area contributed by atoms with E-state index in [1.54, 1.807) is 7.11 Å². The molecule has 1 heterocycles. The quantitative estimate of drug-likeness (QED) is 0.748. The summed E-state index contributed by atoms with van der Waals surface area (Å²) in [6, 6.07) is 0. The molecule has 0 aromatic carbocycles. The highest BCUT2D eigenvalue weighted by atomic mass is 16.6. The largest absolute Gasteiger partial charge is 0.454 e. The van der Waals surface area contributed by atoms with E-state index in [4.69, 9.17) is 9.47 Å². The number of ether oxygens (including phenoxy) is 2. The minimum atomic E-state index is -0.815. The van der Waals surface area contributed by atoms with Crippen LogP contribution < -0.4 is 0 Å². The fourth-order valence-corrected chi connectivity index (χ4v) is 4.71. The van der Waals surface area contributed by atoms with Gasteiger partial charge in [0.2, 0.25) is 0 Å². The summed E-state index contributed by atoms with van der Waals surface area (Å²) in [5.74, 6) is 0.0914. The normalized spacial score (nSPS) is 47.9. The molecule has 112 valence electrons. The van der Waals surface area contributed by atoms with Crippen LogP contribution in [0.1, 0.15) is 46.5 Å². The Balaban J connectivity index is 2.14. The molecule has 0 radical (unpaired) electrons. The number of carbonyl (C=O) groups excluding carboxylic acids is 1. The zero-order chi connectivity index (χ0) is 14.7. The molecule has 4 nitrogen and oxygen atoms in total. The van der Waals surface area contributed by atoms with Gasteiger partial charge in [-0.3, -0.25) is 0 Å². The first kappa shape index (κ1) is 14.1. The van der Waals surface area contributed by atoms with Gasteiger partial charge in [0.15, 0.2) is 0 Å². The summed E-state index contributed by atoms with van der Waals surface area (Å²) in [4.78, 5) is 11.9. The molecule has 0 aromatic rings. The Kier molecular flexibility index (Phi) is 3.04. The molecule has 5 atom stereocenters. The lowest BCUT2D eigenvalue weighted by Crippen LogP contribution is -2.65. The predicted octanol–water partition coefficient (Wildman–Crippen LogP) is 2.20. The van der Waals surface area contributed by atoms with Crippen LogP contribution in [-0.4, -0.2) is 36.0 Å². The van der Waals surface area contributed by atoms with E-state index in [-0.39, 0.29) is 23.6 Å². The lowest BCUT2D eigenvalue weighted by atomic mass is 9.50. The fraction of sp³-hybridized carbons (Fsp3) is 0.812. The smallest absolute Gasteiger partial charge is 0.334 e. The molecule has 0 bridgehead atoms. The molecule has 2 aliphatic carbocycles. The molecular weight excluding hydrogens is 256 g/mol. The van der Waals surface area contributed by atoms with Crippen LogP contribution in [0.3, 0.4) is 0 Å². The summed E-state index contributed by atoms with van der Waals surface area (Å²) in [6.07, 6.45) is 2.82. The Morgan fingerprint density at radius 1 is 1.45 bits per heavy atom. The van der Waals surface area contributed by atoms with Crippen molar-refractivity contribution >= 4 is 5.97 Å². The van der Waals surface area contributed by atoms with E-state index in [9.17, 15) is 9.90 Å². The molecule has 0 spiro atoms. The number of carbonyl (C=O) groups is 1. The topological polar surface area (TPSA) is 55.8 Å². The number of fused-ring (bicyclic) bond motifs is 2. The molecule has 0 amide bonds. The maximum atomic E-state index is 11.9. The van der Waals surface area contributed by atoms with Crippen molar-refractivity contribution in [2.75, 3.05) is 7.11 Å². The lowest BCUT2D eigenvalue weighted by Gasteiger charge is -2.59. The third-order valence-electron chi connectivity index (χ3n) is 6.18. The van der Waals surface area contributed by atoms with E-state index in [2.05, 4.69) is 13.8 Å². The van der Waals surface area contributed by atoms with Gasteiger partial charge in [-0.1, -0.05) is 20.3 Å². The van der Waals surface area contributed by atoms with Gasteiger partial charge in [0.1, 0.15) is 6.10 Å². The molecule has 0 saturated heterocycles. The van der Waals surface area contributed by atoms with E-state index in [1.165, 1.54) is 0 Å². The van der Waals surface area contributed by atoms with E-state index in [1.807, 2.05) is 6.92 Å². The van der Waals surface area contributed by atoms with Crippen molar-refractivity contribution in [3.63, 3.8) is 0 Å². The Hall–Kier alpha value is -0.870. The molecule has 1 aliphatic heterocycles.